The van der Waals surface area contributed by atoms with Crippen LogP contribution in [0.5, 0.6) is 0 Å². The lowest BCUT2D eigenvalue weighted by molar-refractivity contribution is -0.165. The normalized spacial score (nSPS) is 12.4. The standard InChI is InChI=1S/C38H36F6N4O2.C4H6O6/c1-3-46(4-2)21-22-47(23-25-9-11-26(12-10-25)27-13-17-29(18-14-27)38(42,43)44)34(49)24-48-32-8-6-5-7-30(32)37(50)45-33(48)20-16-28-15-19-31(39)36(41)35(28)40;5-1(3(7)8)2(6)4(9)10/h5-15,17-19H,3-4,16,20-24H2,1-2H3;1-2,5-6H,(H,7,8)(H,9,10)/t;1-,2-/m.1/s1. The van der Waals surface area contributed by atoms with Gasteiger partial charge in [0.05, 0.1) is 16.5 Å². The molecule has 0 aliphatic heterocycles. The number of aliphatic hydroxyl groups excluding tert-OH is 2. The van der Waals surface area contributed by atoms with Crippen LogP contribution in [-0.2, 0) is 46.5 Å². The molecule has 18 heteroatoms. The molecule has 1 heterocycles. The van der Waals surface area contributed by atoms with Gasteiger partial charge < -0.3 is 34.8 Å². The number of carbonyl (C=O) groups excluding carboxylic acids is 1. The van der Waals surface area contributed by atoms with Gasteiger partial charge in [0.25, 0.3) is 5.56 Å². The third-order valence-corrected chi connectivity index (χ3v) is 9.61. The predicted octanol–water partition coefficient (Wildman–Crippen LogP) is 5.53. The second kappa shape index (κ2) is 20.7. The summed E-state index contributed by atoms with van der Waals surface area (Å²) < 4.78 is 82.7. The van der Waals surface area contributed by atoms with E-state index in [0.29, 0.717) is 24.2 Å². The Morgan fingerprint density at radius 1 is 0.750 bits per heavy atom. The molecule has 4 aromatic carbocycles. The zero-order valence-corrected chi connectivity index (χ0v) is 32.4. The minimum Gasteiger partial charge on any atom is -0.479 e. The summed E-state index contributed by atoms with van der Waals surface area (Å²) in [4.78, 5) is 54.7. The molecule has 0 aliphatic rings. The van der Waals surface area contributed by atoms with Crippen molar-refractivity contribution in [1.29, 1.82) is 0 Å². The Bertz CT molecular complexity index is 2320. The molecule has 0 saturated heterocycles. The number of amides is 1. The molecule has 60 heavy (non-hydrogen) atoms. The average Bonchev–Trinajstić information content (AvgIpc) is 3.23. The minimum atomic E-state index is -4.43. The van der Waals surface area contributed by atoms with Crippen molar-refractivity contribution < 1.29 is 61.2 Å². The van der Waals surface area contributed by atoms with E-state index in [-0.39, 0.29) is 48.6 Å². The number of aromatic nitrogens is 2. The van der Waals surface area contributed by atoms with Crippen LogP contribution in [0.25, 0.3) is 22.0 Å². The van der Waals surface area contributed by atoms with Gasteiger partial charge in [0.2, 0.25) is 5.91 Å². The number of hydrogen-bond acceptors (Lipinski definition) is 8. The fraction of sp³-hybridized carbons (Fsp3) is 0.310. The van der Waals surface area contributed by atoms with E-state index in [1.807, 2.05) is 26.0 Å². The number of carbonyl (C=O) groups is 3. The molecule has 12 nitrogen and oxygen atoms in total. The number of aliphatic carboxylic acids is 2. The number of carboxylic acid groups (broad SMARTS) is 2. The zero-order chi connectivity index (χ0) is 44.3. The molecule has 0 saturated carbocycles. The maximum atomic E-state index is 14.5. The highest BCUT2D eigenvalue weighted by Crippen LogP contribution is 2.31. The second-order valence-corrected chi connectivity index (χ2v) is 13.5. The Hall–Kier alpha value is -6.11. The van der Waals surface area contributed by atoms with Gasteiger partial charge in [-0.05, 0) is 72.1 Å². The number of alkyl halides is 3. The van der Waals surface area contributed by atoms with Crippen molar-refractivity contribution >= 4 is 28.7 Å². The Kier molecular flexibility index (Phi) is 16.1. The van der Waals surface area contributed by atoms with Crippen LogP contribution >= 0.6 is 0 Å². The van der Waals surface area contributed by atoms with E-state index in [4.69, 9.17) is 20.4 Å². The first-order chi connectivity index (χ1) is 28.4. The third-order valence-electron chi connectivity index (χ3n) is 9.61. The number of nitrogens with zero attached hydrogens (tertiary/aromatic N) is 4. The van der Waals surface area contributed by atoms with Crippen molar-refractivity contribution in [3.63, 3.8) is 0 Å². The lowest BCUT2D eigenvalue weighted by Crippen LogP contribution is -2.40. The third kappa shape index (κ3) is 12.0. The van der Waals surface area contributed by atoms with Crippen molar-refractivity contribution in [1.82, 2.24) is 19.4 Å². The molecule has 0 fully saturated rings. The maximum Gasteiger partial charge on any atom is 0.416 e. The van der Waals surface area contributed by atoms with Crippen molar-refractivity contribution in [3.8, 4) is 11.1 Å². The largest absolute Gasteiger partial charge is 0.479 e. The quantitative estimate of drug-likeness (QED) is 0.0731. The first kappa shape index (κ1) is 46.6. The van der Waals surface area contributed by atoms with Gasteiger partial charge in [0.15, 0.2) is 29.7 Å². The van der Waals surface area contributed by atoms with Crippen molar-refractivity contribution in [2.24, 2.45) is 0 Å². The SMILES string of the molecule is CCN(CC)CCN(Cc1ccc(-c2ccc(C(F)(F)F)cc2)cc1)C(=O)Cn1c(CCc2ccc(F)c(F)c2F)nc(=O)c2ccccc21.O=C(O)[C@H](O)[C@@H](O)C(=O)O. The number of para-hydroxylation sites is 1. The van der Waals surface area contributed by atoms with Crippen LogP contribution < -0.4 is 5.56 Å². The molecule has 1 amide bonds. The number of halogens is 6. The summed E-state index contributed by atoms with van der Waals surface area (Å²) in [6.07, 6.45) is -9.09. The van der Waals surface area contributed by atoms with Crippen LogP contribution in [0.4, 0.5) is 26.3 Å². The van der Waals surface area contributed by atoms with E-state index < -0.39 is 58.9 Å². The fourth-order valence-electron chi connectivity index (χ4n) is 6.11. The van der Waals surface area contributed by atoms with Gasteiger partial charge in [0.1, 0.15) is 12.4 Å². The Morgan fingerprint density at radius 2 is 1.32 bits per heavy atom. The molecular formula is C42H42F6N4O8. The molecule has 2 atom stereocenters. The number of aryl methyl sites for hydroxylation is 2. The molecule has 0 spiro atoms. The highest BCUT2D eigenvalue weighted by Gasteiger charge is 2.30. The number of carboxylic acids is 2. The monoisotopic (exact) mass is 844 g/mol. The first-order valence-corrected chi connectivity index (χ1v) is 18.5. The predicted molar refractivity (Wildman–Crippen MR) is 207 cm³/mol. The molecule has 5 aromatic rings. The Balaban J connectivity index is 0.000000703. The fourth-order valence-corrected chi connectivity index (χ4v) is 6.11. The molecule has 0 aliphatic carbocycles. The van der Waals surface area contributed by atoms with Crippen molar-refractivity contribution in [3.05, 3.63) is 135 Å². The number of likely N-dealkylation sites (N-methyl/N-ethyl adjacent to an activating group) is 1. The number of aliphatic hydroxyl groups is 2. The summed E-state index contributed by atoms with van der Waals surface area (Å²) in [7, 11) is 0. The molecule has 0 unspecified atom stereocenters. The molecular weight excluding hydrogens is 802 g/mol. The van der Waals surface area contributed by atoms with E-state index in [9.17, 15) is 45.5 Å². The van der Waals surface area contributed by atoms with Crippen LogP contribution in [0.15, 0.2) is 89.7 Å². The van der Waals surface area contributed by atoms with E-state index in [2.05, 4.69) is 9.88 Å². The molecule has 0 radical (unpaired) electrons. The average molecular weight is 845 g/mol. The smallest absolute Gasteiger partial charge is 0.416 e. The van der Waals surface area contributed by atoms with E-state index in [0.717, 1.165) is 48.5 Å². The number of benzene rings is 4. The van der Waals surface area contributed by atoms with E-state index in [1.165, 1.54) is 12.1 Å². The minimum absolute atomic E-state index is 0.0276. The molecule has 320 valence electrons. The number of hydrogen-bond donors (Lipinski definition) is 4. The van der Waals surface area contributed by atoms with Gasteiger partial charge in [-0.2, -0.15) is 18.2 Å². The Labute approximate surface area is 339 Å². The van der Waals surface area contributed by atoms with Crippen LogP contribution in [0.3, 0.4) is 0 Å². The van der Waals surface area contributed by atoms with Gasteiger partial charge in [-0.15, -0.1) is 0 Å². The van der Waals surface area contributed by atoms with Gasteiger partial charge in [-0.25, -0.2) is 22.8 Å². The highest BCUT2D eigenvalue weighted by molar-refractivity contribution is 5.83. The van der Waals surface area contributed by atoms with E-state index in [1.54, 1.807) is 45.9 Å². The van der Waals surface area contributed by atoms with Gasteiger partial charge in [0, 0.05) is 26.1 Å². The maximum absolute atomic E-state index is 14.5. The van der Waals surface area contributed by atoms with Crippen LogP contribution in [0, 0.1) is 17.5 Å². The lowest BCUT2D eigenvalue weighted by Gasteiger charge is -2.28. The highest BCUT2D eigenvalue weighted by atomic mass is 19.4. The topological polar surface area (TPSA) is 174 Å². The molecule has 1 aromatic heterocycles. The molecule has 0 bridgehead atoms. The van der Waals surface area contributed by atoms with Gasteiger partial charge in [-0.3, -0.25) is 9.59 Å². The second-order valence-electron chi connectivity index (χ2n) is 13.5. The molecule has 5 rings (SSSR count). The summed E-state index contributed by atoms with van der Waals surface area (Å²) >= 11 is 0. The summed E-state index contributed by atoms with van der Waals surface area (Å²) in [5, 5.41) is 32.8. The summed E-state index contributed by atoms with van der Waals surface area (Å²) in [5.41, 5.74) is 1.23. The summed E-state index contributed by atoms with van der Waals surface area (Å²) in [6, 6.07) is 20.8. The van der Waals surface area contributed by atoms with Crippen molar-refractivity contribution in [2.75, 3.05) is 26.2 Å². The Morgan fingerprint density at radius 3 is 1.87 bits per heavy atom. The first-order valence-electron chi connectivity index (χ1n) is 18.5. The van der Waals surface area contributed by atoms with Crippen LogP contribution in [0.1, 0.15) is 36.4 Å². The van der Waals surface area contributed by atoms with E-state index >= 15 is 0 Å². The molecule has 4 N–H and O–H groups in total. The lowest BCUT2D eigenvalue weighted by atomic mass is 10.0. The summed E-state index contributed by atoms with van der Waals surface area (Å²) in [6.45, 7) is 6.60. The van der Waals surface area contributed by atoms with Crippen LogP contribution in [0.2, 0.25) is 0 Å². The van der Waals surface area contributed by atoms with Crippen molar-refractivity contribution in [2.45, 2.75) is 58.2 Å². The summed E-state index contributed by atoms with van der Waals surface area (Å²) in [5.74, 6) is -7.84. The number of rotatable bonds is 16. The van der Waals surface area contributed by atoms with Gasteiger partial charge >= 0.3 is 18.1 Å². The zero-order valence-electron chi connectivity index (χ0n) is 32.4. The number of fused-ring (bicyclic) bond motifs is 1. The van der Waals surface area contributed by atoms with Crippen LogP contribution in [-0.4, -0.2) is 96.0 Å². The van der Waals surface area contributed by atoms with Gasteiger partial charge in [-0.1, -0.05) is 68.4 Å².